The number of rotatable bonds is 3. The fourth-order valence-corrected chi connectivity index (χ4v) is 1.74. The van der Waals surface area contributed by atoms with E-state index >= 15 is 0 Å². The van der Waals surface area contributed by atoms with Crippen molar-refractivity contribution >= 4 is 11.9 Å². The zero-order valence-electron chi connectivity index (χ0n) is 9.93. The van der Waals surface area contributed by atoms with Gasteiger partial charge < -0.3 is 10.2 Å². The highest BCUT2D eigenvalue weighted by Gasteiger charge is 2.14. The molecule has 2 rings (SSSR count). The first-order valence-corrected chi connectivity index (χ1v) is 5.46. The predicted molar refractivity (Wildman–Crippen MR) is 65.7 cm³/mol. The number of hydrogen-bond acceptors (Lipinski definition) is 2. The lowest BCUT2D eigenvalue weighted by Gasteiger charge is -2.06. The molecule has 0 heterocycles. The fraction of sp³-hybridized carbons (Fsp3) is 0. The Balaban J connectivity index is 2.52. The molecule has 0 spiro atoms. The van der Waals surface area contributed by atoms with Crippen LogP contribution in [0, 0.1) is 11.6 Å². The highest BCUT2D eigenvalue weighted by atomic mass is 19.1. The number of carboxylic acid groups (broad SMARTS) is 2. The Labute approximate surface area is 111 Å². The van der Waals surface area contributed by atoms with Gasteiger partial charge in [-0.25, -0.2) is 18.4 Å². The molecule has 0 bridgehead atoms. The second-order valence-corrected chi connectivity index (χ2v) is 4.00. The van der Waals surface area contributed by atoms with Crippen LogP contribution in [0.2, 0.25) is 0 Å². The van der Waals surface area contributed by atoms with Gasteiger partial charge >= 0.3 is 11.9 Å². The lowest BCUT2D eigenvalue weighted by molar-refractivity contribution is 0.0681. The van der Waals surface area contributed by atoms with Gasteiger partial charge in [-0.05, 0) is 35.4 Å². The fourth-order valence-electron chi connectivity index (χ4n) is 1.74. The van der Waals surface area contributed by atoms with Crippen molar-refractivity contribution in [2.45, 2.75) is 0 Å². The second-order valence-electron chi connectivity index (χ2n) is 4.00. The molecule has 2 aromatic rings. The van der Waals surface area contributed by atoms with Gasteiger partial charge in [0.05, 0.1) is 11.1 Å². The van der Waals surface area contributed by atoms with E-state index in [1.165, 1.54) is 12.1 Å². The Morgan fingerprint density at radius 2 is 1.30 bits per heavy atom. The molecule has 2 N–H and O–H groups in total. The summed E-state index contributed by atoms with van der Waals surface area (Å²) in [5.41, 5.74) is -0.492. The molecule has 0 fully saturated rings. The summed E-state index contributed by atoms with van der Waals surface area (Å²) >= 11 is 0. The van der Waals surface area contributed by atoms with Gasteiger partial charge in [-0.15, -0.1) is 0 Å². The average molecular weight is 278 g/mol. The van der Waals surface area contributed by atoms with Gasteiger partial charge in [-0.1, -0.05) is 12.1 Å². The SMILES string of the molecule is O=C(O)c1ccc(-c2ccc(F)c(C(=O)O)c2)cc1F. The molecule has 0 radical (unpaired) electrons. The second kappa shape index (κ2) is 5.08. The van der Waals surface area contributed by atoms with Crippen molar-refractivity contribution < 1.29 is 28.6 Å². The summed E-state index contributed by atoms with van der Waals surface area (Å²) in [4.78, 5) is 21.5. The Morgan fingerprint density at radius 3 is 1.85 bits per heavy atom. The van der Waals surface area contributed by atoms with Crippen molar-refractivity contribution in [3.63, 3.8) is 0 Å². The summed E-state index contributed by atoms with van der Waals surface area (Å²) in [6.45, 7) is 0. The van der Waals surface area contributed by atoms with E-state index in [2.05, 4.69) is 0 Å². The largest absolute Gasteiger partial charge is 0.478 e. The van der Waals surface area contributed by atoms with Gasteiger partial charge in [0.1, 0.15) is 11.6 Å². The molecule has 0 atom stereocenters. The molecule has 0 aliphatic heterocycles. The number of carboxylic acids is 2. The van der Waals surface area contributed by atoms with E-state index in [0.717, 1.165) is 24.3 Å². The Morgan fingerprint density at radius 1 is 0.750 bits per heavy atom. The minimum Gasteiger partial charge on any atom is -0.478 e. The first-order valence-electron chi connectivity index (χ1n) is 5.46. The normalized spacial score (nSPS) is 10.3. The molecule has 0 aliphatic rings. The molecule has 0 aliphatic carbocycles. The van der Waals surface area contributed by atoms with Crippen molar-refractivity contribution in [2.24, 2.45) is 0 Å². The van der Waals surface area contributed by atoms with Crippen LogP contribution in [0.25, 0.3) is 11.1 Å². The quantitative estimate of drug-likeness (QED) is 0.905. The topological polar surface area (TPSA) is 74.6 Å². The van der Waals surface area contributed by atoms with Gasteiger partial charge in [-0.2, -0.15) is 0 Å². The van der Waals surface area contributed by atoms with Gasteiger partial charge in [0.25, 0.3) is 0 Å². The Bertz CT molecular complexity index is 710. The first-order chi connectivity index (χ1) is 9.40. The summed E-state index contributed by atoms with van der Waals surface area (Å²) in [5.74, 6) is -4.69. The van der Waals surface area contributed by atoms with Gasteiger partial charge in [-0.3, -0.25) is 0 Å². The molecule has 2 aromatic carbocycles. The molecule has 0 aromatic heterocycles. The first kappa shape index (κ1) is 13.7. The van der Waals surface area contributed by atoms with Crippen LogP contribution in [0.3, 0.4) is 0 Å². The number of benzene rings is 2. The number of halogens is 2. The summed E-state index contributed by atoms with van der Waals surface area (Å²) < 4.78 is 26.8. The van der Waals surface area contributed by atoms with Crippen LogP contribution in [0.5, 0.6) is 0 Å². The third-order valence-electron chi connectivity index (χ3n) is 2.73. The van der Waals surface area contributed by atoms with Crippen LogP contribution in [-0.2, 0) is 0 Å². The monoisotopic (exact) mass is 278 g/mol. The minimum absolute atomic E-state index is 0.259. The predicted octanol–water partition coefficient (Wildman–Crippen LogP) is 3.03. The summed E-state index contributed by atoms with van der Waals surface area (Å²) in [7, 11) is 0. The Kier molecular flexibility index (Phi) is 3.47. The lowest BCUT2D eigenvalue weighted by atomic mass is 10.0. The van der Waals surface area contributed by atoms with Crippen LogP contribution < -0.4 is 0 Å². The average Bonchev–Trinajstić information content (AvgIpc) is 2.38. The third-order valence-corrected chi connectivity index (χ3v) is 2.73. The maximum Gasteiger partial charge on any atom is 0.338 e. The number of carbonyl (C=O) groups is 2. The molecular weight excluding hydrogens is 270 g/mol. The standard InChI is InChI=1S/C14H8F2O4/c15-11-4-2-7(5-10(11)14(19)20)8-1-3-9(13(17)18)12(16)6-8/h1-6H,(H,17,18)(H,19,20). The highest BCUT2D eigenvalue weighted by Crippen LogP contribution is 2.24. The van der Waals surface area contributed by atoms with Crippen molar-refractivity contribution in [1.29, 1.82) is 0 Å². The van der Waals surface area contributed by atoms with Gasteiger partial charge in [0.2, 0.25) is 0 Å². The van der Waals surface area contributed by atoms with E-state index in [9.17, 15) is 18.4 Å². The van der Waals surface area contributed by atoms with E-state index in [-0.39, 0.29) is 11.1 Å². The van der Waals surface area contributed by atoms with Crippen LogP contribution in [0.15, 0.2) is 36.4 Å². The number of aromatic carboxylic acids is 2. The van der Waals surface area contributed by atoms with E-state index in [1.54, 1.807) is 0 Å². The van der Waals surface area contributed by atoms with Gasteiger partial charge in [0, 0.05) is 0 Å². The van der Waals surface area contributed by atoms with E-state index in [0.29, 0.717) is 0 Å². The van der Waals surface area contributed by atoms with E-state index in [4.69, 9.17) is 10.2 Å². The molecule has 0 saturated heterocycles. The van der Waals surface area contributed by atoms with Crippen LogP contribution in [0.1, 0.15) is 20.7 Å². The van der Waals surface area contributed by atoms with Crippen LogP contribution in [0.4, 0.5) is 8.78 Å². The zero-order valence-corrected chi connectivity index (χ0v) is 9.93. The maximum absolute atomic E-state index is 13.6. The lowest BCUT2D eigenvalue weighted by Crippen LogP contribution is -2.02. The minimum atomic E-state index is -1.44. The zero-order chi connectivity index (χ0) is 14.9. The highest BCUT2D eigenvalue weighted by molar-refractivity contribution is 5.91. The van der Waals surface area contributed by atoms with Crippen LogP contribution >= 0.6 is 0 Å². The molecule has 6 heteroatoms. The smallest absolute Gasteiger partial charge is 0.338 e. The molecular formula is C14H8F2O4. The molecule has 0 saturated carbocycles. The molecule has 102 valence electrons. The van der Waals surface area contributed by atoms with Crippen LogP contribution in [-0.4, -0.2) is 22.2 Å². The third kappa shape index (κ3) is 2.49. The Hall–Kier alpha value is -2.76. The molecule has 20 heavy (non-hydrogen) atoms. The molecule has 0 unspecified atom stereocenters. The van der Waals surface area contributed by atoms with E-state index < -0.39 is 34.7 Å². The number of hydrogen-bond donors (Lipinski definition) is 2. The van der Waals surface area contributed by atoms with Crippen molar-refractivity contribution in [3.05, 3.63) is 59.2 Å². The van der Waals surface area contributed by atoms with Crippen molar-refractivity contribution in [3.8, 4) is 11.1 Å². The van der Waals surface area contributed by atoms with E-state index in [1.807, 2.05) is 0 Å². The molecule has 4 nitrogen and oxygen atoms in total. The summed E-state index contributed by atoms with van der Waals surface area (Å²) in [6.07, 6.45) is 0. The van der Waals surface area contributed by atoms with Crippen molar-refractivity contribution in [2.75, 3.05) is 0 Å². The van der Waals surface area contributed by atoms with Gasteiger partial charge in [0.15, 0.2) is 0 Å². The summed E-state index contributed by atoms with van der Waals surface area (Å²) in [6, 6.07) is 6.66. The molecule has 0 amide bonds. The van der Waals surface area contributed by atoms with Crippen molar-refractivity contribution in [1.82, 2.24) is 0 Å². The summed E-state index contributed by atoms with van der Waals surface area (Å²) in [5, 5.41) is 17.5. The maximum atomic E-state index is 13.6.